The van der Waals surface area contributed by atoms with Crippen LogP contribution >= 0.6 is 34.7 Å². The van der Waals surface area contributed by atoms with E-state index in [0.717, 1.165) is 57.6 Å². The Balaban J connectivity index is 1.55. The summed E-state index contributed by atoms with van der Waals surface area (Å²) >= 11 is 9.41. The van der Waals surface area contributed by atoms with E-state index in [2.05, 4.69) is 31.2 Å². The maximum atomic E-state index is 6.13. The van der Waals surface area contributed by atoms with Crippen LogP contribution in [0.4, 0.5) is 0 Å². The van der Waals surface area contributed by atoms with Gasteiger partial charge in [-0.25, -0.2) is 0 Å². The van der Waals surface area contributed by atoms with Crippen molar-refractivity contribution in [3.8, 4) is 10.7 Å². The summed E-state index contributed by atoms with van der Waals surface area (Å²) in [6, 6.07) is 11.9. The number of rotatable bonds is 5. The highest BCUT2D eigenvalue weighted by Crippen LogP contribution is 2.35. The van der Waals surface area contributed by atoms with Crippen LogP contribution in [0.15, 0.2) is 58.0 Å². The average molecular weight is 429 g/mol. The van der Waals surface area contributed by atoms with Gasteiger partial charge in [0.25, 0.3) is 0 Å². The fourth-order valence-corrected chi connectivity index (χ4v) is 5.24. The molecule has 1 fully saturated rings. The molecule has 1 aliphatic rings. The molecule has 0 bridgehead atoms. The monoisotopic (exact) mass is 428 g/mol. The molecule has 0 aliphatic carbocycles. The zero-order valence-corrected chi connectivity index (χ0v) is 17.3. The summed E-state index contributed by atoms with van der Waals surface area (Å²) in [5.41, 5.74) is 0.876. The molecule has 1 atom stereocenters. The van der Waals surface area contributed by atoms with Gasteiger partial charge in [-0.1, -0.05) is 23.7 Å². The van der Waals surface area contributed by atoms with Crippen molar-refractivity contribution < 1.29 is 4.74 Å². The second-order valence-corrected chi connectivity index (χ2v) is 8.99. The van der Waals surface area contributed by atoms with E-state index < -0.39 is 0 Å². The number of nitrogens with zero attached hydrogens (tertiary/aromatic N) is 4. The van der Waals surface area contributed by atoms with Gasteiger partial charge in [0.05, 0.1) is 23.0 Å². The van der Waals surface area contributed by atoms with Crippen molar-refractivity contribution in [2.75, 3.05) is 6.61 Å². The molecule has 142 valence electrons. The number of hydrogen-bond donors (Lipinski definition) is 0. The third-order valence-corrected chi connectivity index (χ3v) is 6.90. The maximum absolute atomic E-state index is 6.13. The number of aromatic nitrogens is 4. The summed E-state index contributed by atoms with van der Waals surface area (Å²) in [5, 5.41) is 13.7. The van der Waals surface area contributed by atoms with E-state index in [1.165, 1.54) is 0 Å². The Morgan fingerprint density at radius 3 is 3.04 bits per heavy atom. The second-order valence-electron chi connectivity index (χ2n) is 6.60. The lowest BCUT2D eigenvalue weighted by molar-refractivity contribution is 0.0953. The lowest BCUT2D eigenvalue weighted by Gasteiger charge is -2.14. The molecule has 0 radical (unpaired) electrons. The molecular formula is C20H17ClN4OS2. The van der Waals surface area contributed by atoms with Crippen LogP contribution in [-0.4, -0.2) is 32.5 Å². The summed E-state index contributed by atoms with van der Waals surface area (Å²) in [4.78, 5) is 6.64. The number of ether oxygens (including phenoxy) is 1. The van der Waals surface area contributed by atoms with Crippen LogP contribution in [0, 0.1) is 0 Å². The van der Waals surface area contributed by atoms with Gasteiger partial charge in [-0.05, 0) is 54.2 Å². The quantitative estimate of drug-likeness (QED) is 0.417. The number of pyridine rings is 1. The largest absolute Gasteiger partial charge is 0.376 e. The van der Waals surface area contributed by atoms with Gasteiger partial charge in [0, 0.05) is 28.1 Å². The van der Waals surface area contributed by atoms with Crippen LogP contribution in [0.1, 0.15) is 12.8 Å². The Hall–Kier alpha value is -1.93. The lowest BCUT2D eigenvalue weighted by Crippen LogP contribution is -2.16. The van der Waals surface area contributed by atoms with Gasteiger partial charge in [0.1, 0.15) is 0 Å². The molecule has 4 aromatic rings. The molecular weight excluding hydrogens is 412 g/mol. The average Bonchev–Trinajstić information content (AvgIpc) is 3.45. The Bertz CT molecular complexity index is 1110. The van der Waals surface area contributed by atoms with E-state index in [1.54, 1.807) is 23.1 Å². The molecule has 3 aromatic heterocycles. The summed E-state index contributed by atoms with van der Waals surface area (Å²) in [6.07, 6.45) is 4.20. The van der Waals surface area contributed by atoms with Crippen LogP contribution in [0.25, 0.3) is 21.6 Å². The van der Waals surface area contributed by atoms with Crippen molar-refractivity contribution >= 4 is 45.6 Å². The Kier molecular flexibility index (Phi) is 5.07. The fourth-order valence-electron chi connectivity index (χ4n) is 3.39. The molecule has 8 heteroatoms. The van der Waals surface area contributed by atoms with Gasteiger partial charge in [0.15, 0.2) is 11.0 Å². The van der Waals surface area contributed by atoms with E-state index in [1.807, 2.05) is 36.5 Å². The van der Waals surface area contributed by atoms with Crippen LogP contribution in [0.2, 0.25) is 5.02 Å². The third kappa shape index (κ3) is 3.55. The van der Waals surface area contributed by atoms with Crippen molar-refractivity contribution in [3.05, 3.63) is 53.0 Å². The van der Waals surface area contributed by atoms with E-state index >= 15 is 0 Å². The fraction of sp³-hybridized carbons (Fsp3) is 0.250. The first kappa shape index (κ1) is 18.1. The minimum atomic E-state index is 0.210. The third-order valence-electron chi connectivity index (χ3n) is 4.73. The molecule has 0 spiro atoms. The summed E-state index contributed by atoms with van der Waals surface area (Å²) in [6.45, 7) is 1.59. The first-order chi connectivity index (χ1) is 13.8. The van der Waals surface area contributed by atoms with Gasteiger partial charge >= 0.3 is 0 Å². The van der Waals surface area contributed by atoms with E-state index in [4.69, 9.17) is 16.3 Å². The minimum Gasteiger partial charge on any atom is -0.376 e. The van der Waals surface area contributed by atoms with Gasteiger partial charge < -0.3 is 4.74 Å². The molecule has 1 saturated heterocycles. The molecule has 28 heavy (non-hydrogen) atoms. The molecule has 5 nitrogen and oxygen atoms in total. The maximum Gasteiger partial charge on any atom is 0.196 e. The Labute approximate surface area is 175 Å². The molecule has 0 unspecified atom stereocenters. The van der Waals surface area contributed by atoms with Crippen molar-refractivity contribution in [2.45, 2.75) is 35.5 Å². The summed E-state index contributed by atoms with van der Waals surface area (Å²) < 4.78 is 8.07. The predicted octanol–water partition coefficient (Wildman–Crippen LogP) is 5.54. The number of benzene rings is 1. The zero-order chi connectivity index (χ0) is 18.9. The molecule has 0 N–H and O–H groups in total. The first-order valence-corrected chi connectivity index (χ1v) is 11.2. The van der Waals surface area contributed by atoms with E-state index in [-0.39, 0.29) is 6.10 Å². The van der Waals surface area contributed by atoms with Crippen LogP contribution < -0.4 is 0 Å². The highest BCUT2D eigenvalue weighted by Gasteiger charge is 2.22. The smallest absolute Gasteiger partial charge is 0.196 e. The molecule has 5 rings (SSSR count). The predicted molar refractivity (Wildman–Crippen MR) is 113 cm³/mol. The lowest BCUT2D eigenvalue weighted by atomic mass is 10.2. The van der Waals surface area contributed by atoms with Crippen LogP contribution in [0.3, 0.4) is 0 Å². The second kappa shape index (κ2) is 7.83. The Morgan fingerprint density at radius 1 is 1.25 bits per heavy atom. The SMILES string of the molecule is Clc1ccc2c(Sc3nnc(-c4cccs4)n3C[C@H]3CCCO3)ccnc2c1. The molecule has 0 saturated carbocycles. The van der Waals surface area contributed by atoms with Crippen molar-refractivity contribution in [3.63, 3.8) is 0 Å². The van der Waals surface area contributed by atoms with Gasteiger partial charge in [-0.3, -0.25) is 9.55 Å². The summed E-state index contributed by atoms with van der Waals surface area (Å²) in [7, 11) is 0. The normalized spacial score (nSPS) is 16.8. The number of halogens is 1. The molecule has 1 aliphatic heterocycles. The van der Waals surface area contributed by atoms with Crippen molar-refractivity contribution in [2.24, 2.45) is 0 Å². The minimum absolute atomic E-state index is 0.210. The van der Waals surface area contributed by atoms with Gasteiger partial charge in [0.2, 0.25) is 0 Å². The number of thiophene rings is 1. The van der Waals surface area contributed by atoms with E-state index in [0.29, 0.717) is 5.02 Å². The van der Waals surface area contributed by atoms with Crippen LogP contribution in [-0.2, 0) is 11.3 Å². The highest BCUT2D eigenvalue weighted by atomic mass is 35.5. The van der Waals surface area contributed by atoms with Gasteiger partial charge in [-0.15, -0.1) is 21.5 Å². The highest BCUT2D eigenvalue weighted by molar-refractivity contribution is 7.99. The topological polar surface area (TPSA) is 52.8 Å². The number of fused-ring (bicyclic) bond motifs is 1. The molecule has 1 aromatic carbocycles. The van der Waals surface area contributed by atoms with Crippen molar-refractivity contribution in [1.82, 2.24) is 19.7 Å². The van der Waals surface area contributed by atoms with E-state index in [9.17, 15) is 0 Å². The standard InChI is InChI=1S/C20H17ClN4OS2/c21-13-5-6-15-16(11-13)22-8-7-17(15)28-20-24-23-19(18-4-2-10-27-18)25(20)12-14-3-1-9-26-14/h2,4-8,10-11,14H,1,3,9,12H2/t14-/m1/s1. The Morgan fingerprint density at radius 2 is 2.21 bits per heavy atom. The van der Waals surface area contributed by atoms with Crippen molar-refractivity contribution in [1.29, 1.82) is 0 Å². The zero-order valence-electron chi connectivity index (χ0n) is 14.9. The number of hydrogen-bond acceptors (Lipinski definition) is 6. The molecule has 4 heterocycles. The molecule has 0 amide bonds. The van der Waals surface area contributed by atoms with Crippen LogP contribution in [0.5, 0.6) is 0 Å². The summed E-state index contributed by atoms with van der Waals surface area (Å²) in [5.74, 6) is 0.898. The van der Waals surface area contributed by atoms with Gasteiger partial charge in [-0.2, -0.15) is 0 Å². The first-order valence-electron chi connectivity index (χ1n) is 9.09.